The van der Waals surface area contributed by atoms with E-state index in [1.807, 2.05) is 23.6 Å². The molecule has 0 saturated carbocycles. The normalized spacial score (nSPS) is 11.8. The molecular formula is C20H22N4O4S2. The maximum absolute atomic E-state index is 12.3. The lowest BCUT2D eigenvalue weighted by Gasteiger charge is -2.11. The van der Waals surface area contributed by atoms with Crippen molar-refractivity contribution in [1.29, 1.82) is 0 Å². The second-order valence-corrected chi connectivity index (χ2v) is 9.35. The summed E-state index contributed by atoms with van der Waals surface area (Å²) in [7, 11) is 2.66. The van der Waals surface area contributed by atoms with E-state index in [9.17, 15) is 8.42 Å². The summed E-state index contributed by atoms with van der Waals surface area (Å²) in [5.41, 5.74) is 5.10. The van der Waals surface area contributed by atoms with E-state index in [1.54, 1.807) is 44.7 Å². The van der Waals surface area contributed by atoms with Crippen molar-refractivity contribution in [2.45, 2.75) is 4.90 Å². The molecule has 2 aromatic carbocycles. The first-order valence-electron chi connectivity index (χ1n) is 8.84. The fourth-order valence-electron chi connectivity index (χ4n) is 2.58. The summed E-state index contributed by atoms with van der Waals surface area (Å²) >= 11 is 1.37. The molecule has 1 N–H and O–H groups in total. The van der Waals surface area contributed by atoms with Gasteiger partial charge in [0.15, 0.2) is 11.5 Å². The summed E-state index contributed by atoms with van der Waals surface area (Å²) in [6, 6.07) is 12.2. The average molecular weight is 447 g/mol. The van der Waals surface area contributed by atoms with E-state index in [4.69, 9.17) is 9.47 Å². The van der Waals surface area contributed by atoms with Gasteiger partial charge in [0.2, 0.25) is 15.2 Å². The molecule has 0 aliphatic rings. The van der Waals surface area contributed by atoms with Crippen LogP contribution in [-0.2, 0) is 10.0 Å². The topological polar surface area (TPSA) is 93.1 Å². The smallest absolute Gasteiger partial charge is 0.242 e. The molecule has 0 atom stereocenters. The van der Waals surface area contributed by atoms with Crippen molar-refractivity contribution < 1.29 is 17.9 Å². The first-order chi connectivity index (χ1) is 14.3. The highest BCUT2D eigenvalue weighted by molar-refractivity contribution is 7.89. The largest absolute Gasteiger partial charge is 0.493 e. The number of aromatic nitrogens is 1. The van der Waals surface area contributed by atoms with Crippen molar-refractivity contribution in [2.75, 3.05) is 33.7 Å². The number of hydrazone groups is 1. The Hall–Kier alpha value is -2.95. The van der Waals surface area contributed by atoms with Gasteiger partial charge in [-0.15, -0.1) is 11.3 Å². The Morgan fingerprint density at radius 3 is 2.57 bits per heavy atom. The Morgan fingerprint density at radius 1 is 1.10 bits per heavy atom. The molecule has 3 aromatic rings. The molecule has 10 heteroatoms. The molecule has 0 aliphatic heterocycles. The number of anilines is 1. The lowest BCUT2D eigenvalue weighted by Crippen LogP contribution is -2.22. The number of nitrogens with zero attached hydrogens (tertiary/aromatic N) is 3. The van der Waals surface area contributed by atoms with Gasteiger partial charge >= 0.3 is 0 Å². The van der Waals surface area contributed by atoms with Crippen molar-refractivity contribution >= 4 is 32.7 Å². The Labute approximate surface area is 179 Å². The number of nitrogens with one attached hydrogen (secondary N) is 1. The highest BCUT2D eigenvalue weighted by Crippen LogP contribution is 2.28. The summed E-state index contributed by atoms with van der Waals surface area (Å²) in [6.45, 7) is 0. The third-order valence-corrected chi connectivity index (χ3v) is 6.75. The van der Waals surface area contributed by atoms with Gasteiger partial charge in [-0.25, -0.2) is 17.7 Å². The van der Waals surface area contributed by atoms with Crippen LogP contribution in [0.15, 0.2) is 57.8 Å². The molecule has 30 heavy (non-hydrogen) atoms. The monoisotopic (exact) mass is 446 g/mol. The fraction of sp³-hybridized carbons (Fsp3) is 0.200. The predicted octanol–water partition coefficient (Wildman–Crippen LogP) is 3.52. The van der Waals surface area contributed by atoms with E-state index in [-0.39, 0.29) is 4.90 Å². The van der Waals surface area contributed by atoms with Crippen molar-refractivity contribution in [3.05, 3.63) is 53.4 Å². The average Bonchev–Trinajstić information content (AvgIpc) is 3.22. The molecule has 3 rings (SSSR count). The van der Waals surface area contributed by atoms with Crippen LogP contribution in [0.25, 0.3) is 11.3 Å². The highest BCUT2D eigenvalue weighted by atomic mass is 32.2. The Morgan fingerprint density at radius 2 is 1.87 bits per heavy atom. The van der Waals surface area contributed by atoms with Crippen LogP contribution >= 0.6 is 11.3 Å². The van der Waals surface area contributed by atoms with Crippen LogP contribution in [0.5, 0.6) is 11.5 Å². The standard InChI is InChI=1S/C20H22N4O4S2/c1-24(2)30(25,26)16-7-5-6-15(11-16)17-13-29-20(22-17)23-21-12-14-8-9-18(27-3)19(10-14)28-4/h5-13H,1-4H3,(H,22,23). The zero-order chi connectivity index (χ0) is 21.7. The minimum Gasteiger partial charge on any atom is -0.493 e. The van der Waals surface area contributed by atoms with Crippen molar-refractivity contribution in [3.8, 4) is 22.8 Å². The number of sulfonamides is 1. The highest BCUT2D eigenvalue weighted by Gasteiger charge is 2.18. The number of hydrogen-bond acceptors (Lipinski definition) is 8. The predicted molar refractivity (Wildman–Crippen MR) is 119 cm³/mol. The quantitative estimate of drug-likeness (QED) is 0.420. The van der Waals surface area contributed by atoms with Gasteiger partial charge in [0.05, 0.1) is 31.0 Å². The molecule has 1 heterocycles. The van der Waals surface area contributed by atoms with Gasteiger partial charge in [-0.1, -0.05) is 12.1 Å². The van der Waals surface area contributed by atoms with Crippen LogP contribution in [0.1, 0.15) is 5.56 Å². The van der Waals surface area contributed by atoms with E-state index in [0.717, 1.165) is 5.56 Å². The van der Waals surface area contributed by atoms with Crippen LogP contribution in [0, 0.1) is 0 Å². The van der Waals surface area contributed by atoms with E-state index in [0.29, 0.717) is 27.9 Å². The second-order valence-electron chi connectivity index (χ2n) is 6.34. The number of hydrogen-bond donors (Lipinski definition) is 1. The summed E-state index contributed by atoms with van der Waals surface area (Å²) < 4.78 is 36.4. The van der Waals surface area contributed by atoms with Crippen LogP contribution in [-0.4, -0.2) is 52.2 Å². The van der Waals surface area contributed by atoms with Crippen LogP contribution in [0.2, 0.25) is 0 Å². The van der Waals surface area contributed by atoms with Gasteiger partial charge < -0.3 is 9.47 Å². The van der Waals surface area contributed by atoms with E-state index in [1.165, 1.54) is 29.7 Å². The van der Waals surface area contributed by atoms with Gasteiger partial charge in [-0.3, -0.25) is 5.43 Å². The Bertz CT molecular complexity index is 1160. The van der Waals surface area contributed by atoms with E-state index in [2.05, 4.69) is 15.5 Å². The number of benzene rings is 2. The zero-order valence-electron chi connectivity index (χ0n) is 17.0. The minimum atomic E-state index is -3.51. The fourth-order valence-corrected chi connectivity index (χ4v) is 4.20. The van der Waals surface area contributed by atoms with Crippen molar-refractivity contribution in [3.63, 3.8) is 0 Å². The summed E-state index contributed by atoms with van der Waals surface area (Å²) in [4.78, 5) is 4.70. The third-order valence-electron chi connectivity index (χ3n) is 4.19. The molecule has 0 bridgehead atoms. The summed E-state index contributed by atoms with van der Waals surface area (Å²) in [6.07, 6.45) is 1.65. The molecule has 1 aromatic heterocycles. The van der Waals surface area contributed by atoms with Crippen LogP contribution < -0.4 is 14.9 Å². The number of thiazole rings is 1. The minimum absolute atomic E-state index is 0.221. The molecule has 0 spiro atoms. The zero-order valence-corrected chi connectivity index (χ0v) is 18.6. The van der Waals surface area contributed by atoms with Gasteiger partial charge in [0, 0.05) is 25.0 Å². The lowest BCUT2D eigenvalue weighted by atomic mass is 10.2. The Kier molecular flexibility index (Phi) is 6.70. The molecule has 0 aliphatic carbocycles. The van der Waals surface area contributed by atoms with Gasteiger partial charge in [0.1, 0.15) is 0 Å². The second kappa shape index (κ2) is 9.24. The molecular weight excluding hydrogens is 424 g/mol. The molecule has 158 valence electrons. The first-order valence-corrected chi connectivity index (χ1v) is 11.2. The van der Waals surface area contributed by atoms with Crippen LogP contribution in [0.3, 0.4) is 0 Å². The maximum Gasteiger partial charge on any atom is 0.242 e. The summed E-state index contributed by atoms with van der Waals surface area (Å²) in [5, 5.41) is 6.63. The molecule has 0 radical (unpaired) electrons. The number of ether oxygens (including phenoxy) is 2. The SMILES string of the molecule is COc1ccc(C=NNc2nc(-c3cccc(S(=O)(=O)N(C)C)c3)cs2)cc1OC. The number of methoxy groups -OCH3 is 2. The summed E-state index contributed by atoms with van der Waals surface area (Å²) in [5.74, 6) is 1.26. The van der Waals surface area contributed by atoms with Crippen molar-refractivity contribution in [2.24, 2.45) is 5.10 Å². The van der Waals surface area contributed by atoms with Gasteiger partial charge in [0.25, 0.3) is 0 Å². The van der Waals surface area contributed by atoms with Crippen molar-refractivity contribution in [1.82, 2.24) is 9.29 Å². The van der Waals surface area contributed by atoms with E-state index < -0.39 is 10.0 Å². The molecule has 0 unspecified atom stereocenters. The van der Waals surface area contributed by atoms with Gasteiger partial charge in [-0.05, 0) is 35.9 Å². The maximum atomic E-state index is 12.3. The lowest BCUT2D eigenvalue weighted by molar-refractivity contribution is 0.355. The van der Waals surface area contributed by atoms with Crippen LogP contribution in [0.4, 0.5) is 5.13 Å². The molecule has 0 saturated heterocycles. The molecule has 0 fully saturated rings. The molecule has 8 nitrogen and oxygen atoms in total. The van der Waals surface area contributed by atoms with E-state index >= 15 is 0 Å². The number of rotatable bonds is 8. The molecule has 0 amide bonds. The van der Waals surface area contributed by atoms with Gasteiger partial charge in [-0.2, -0.15) is 5.10 Å². The first kappa shape index (κ1) is 21.8. The third kappa shape index (κ3) is 4.78. The Balaban J connectivity index is 1.74.